The second-order valence-corrected chi connectivity index (χ2v) is 6.60. The molecule has 4 rings (SSSR count). The van der Waals surface area contributed by atoms with E-state index in [-0.39, 0.29) is 17.6 Å². The molecule has 0 saturated carbocycles. The molecule has 3 aromatic rings. The SMILES string of the molecule is CCc1ccccc1OC1CN(C(=O)c2cnc(-c3ccccn3)[nH]c2=O)C1. The molecule has 1 fully saturated rings. The van der Waals surface area contributed by atoms with Gasteiger partial charge in [-0.2, -0.15) is 0 Å². The van der Waals surface area contributed by atoms with Crippen LogP contribution >= 0.6 is 0 Å². The lowest BCUT2D eigenvalue weighted by atomic mass is 10.1. The first-order chi connectivity index (χ1) is 13.7. The number of hydrogen-bond donors (Lipinski definition) is 1. The van der Waals surface area contributed by atoms with Gasteiger partial charge in [0.05, 0.1) is 13.1 Å². The number of carbonyl (C=O) groups excluding carboxylic acids is 1. The Morgan fingerprint density at radius 3 is 2.68 bits per heavy atom. The highest BCUT2D eigenvalue weighted by molar-refractivity contribution is 5.94. The van der Waals surface area contributed by atoms with Gasteiger partial charge in [-0.3, -0.25) is 14.6 Å². The molecule has 7 nitrogen and oxygen atoms in total. The van der Waals surface area contributed by atoms with Crippen LogP contribution in [0, 0.1) is 0 Å². The van der Waals surface area contributed by atoms with Crippen LogP contribution in [0.5, 0.6) is 5.75 Å². The highest BCUT2D eigenvalue weighted by Gasteiger charge is 2.34. The average molecular weight is 376 g/mol. The summed E-state index contributed by atoms with van der Waals surface area (Å²) in [6.07, 6.45) is 3.74. The topological polar surface area (TPSA) is 88.2 Å². The average Bonchev–Trinajstić information content (AvgIpc) is 2.70. The Hall–Kier alpha value is -3.48. The molecular formula is C21H20N4O3. The number of para-hydroxylation sites is 1. The summed E-state index contributed by atoms with van der Waals surface area (Å²) in [5.41, 5.74) is 1.23. The molecule has 1 aliphatic heterocycles. The minimum absolute atomic E-state index is 0.0205. The number of aromatic amines is 1. The summed E-state index contributed by atoms with van der Waals surface area (Å²) in [7, 11) is 0. The molecule has 0 unspecified atom stereocenters. The van der Waals surface area contributed by atoms with Crippen molar-refractivity contribution >= 4 is 5.91 Å². The van der Waals surface area contributed by atoms with Crippen LogP contribution in [0.1, 0.15) is 22.8 Å². The van der Waals surface area contributed by atoms with Crippen molar-refractivity contribution in [3.8, 4) is 17.3 Å². The van der Waals surface area contributed by atoms with Gasteiger partial charge in [-0.05, 0) is 30.2 Å². The van der Waals surface area contributed by atoms with Gasteiger partial charge in [0, 0.05) is 12.4 Å². The molecule has 1 aromatic carbocycles. The highest BCUT2D eigenvalue weighted by atomic mass is 16.5. The fraction of sp³-hybridized carbons (Fsp3) is 0.238. The van der Waals surface area contributed by atoms with Crippen LogP contribution in [0.15, 0.2) is 59.7 Å². The normalized spacial score (nSPS) is 13.8. The summed E-state index contributed by atoms with van der Waals surface area (Å²) in [5.74, 6) is 0.842. The van der Waals surface area contributed by atoms with Crippen molar-refractivity contribution in [1.29, 1.82) is 0 Å². The molecule has 0 spiro atoms. The first kappa shape index (κ1) is 17.9. The van der Waals surface area contributed by atoms with Gasteiger partial charge >= 0.3 is 0 Å². The summed E-state index contributed by atoms with van der Waals surface area (Å²) in [6, 6.07) is 13.2. The van der Waals surface area contributed by atoms with Gasteiger partial charge in [-0.15, -0.1) is 0 Å². The van der Waals surface area contributed by atoms with Crippen molar-refractivity contribution < 1.29 is 9.53 Å². The minimum Gasteiger partial charge on any atom is -0.486 e. The third-order valence-electron chi connectivity index (χ3n) is 4.72. The first-order valence-corrected chi connectivity index (χ1v) is 9.20. The fourth-order valence-electron chi connectivity index (χ4n) is 3.12. The van der Waals surface area contributed by atoms with E-state index in [0.717, 1.165) is 17.7 Å². The molecule has 7 heteroatoms. The molecule has 0 aliphatic carbocycles. The standard InChI is InChI=1S/C21H20N4O3/c1-2-14-7-3-4-9-18(14)28-15-12-25(13-15)21(27)16-11-23-19(24-20(16)26)17-8-5-6-10-22-17/h3-11,15H,2,12-13H2,1H3,(H,23,24,26). The lowest BCUT2D eigenvalue weighted by Gasteiger charge is -2.39. The van der Waals surface area contributed by atoms with E-state index in [1.165, 1.54) is 6.20 Å². The molecule has 1 saturated heterocycles. The van der Waals surface area contributed by atoms with Gasteiger partial charge in [-0.1, -0.05) is 31.2 Å². The largest absolute Gasteiger partial charge is 0.486 e. The van der Waals surface area contributed by atoms with Crippen molar-refractivity contribution in [3.05, 3.63) is 76.3 Å². The molecule has 2 aromatic heterocycles. The quantitative estimate of drug-likeness (QED) is 0.738. The van der Waals surface area contributed by atoms with Crippen LogP contribution in [-0.4, -0.2) is 45.0 Å². The van der Waals surface area contributed by atoms with Crippen molar-refractivity contribution in [2.45, 2.75) is 19.4 Å². The number of rotatable bonds is 5. The smallest absolute Gasteiger partial charge is 0.264 e. The molecule has 1 N–H and O–H groups in total. The summed E-state index contributed by atoms with van der Waals surface area (Å²) in [4.78, 5) is 37.5. The summed E-state index contributed by atoms with van der Waals surface area (Å²) in [6.45, 7) is 2.96. The van der Waals surface area contributed by atoms with Crippen LogP contribution in [0.3, 0.4) is 0 Å². The number of benzene rings is 1. The Bertz CT molecular complexity index is 1040. The molecule has 1 aliphatic rings. The predicted molar refractivity (Wildman–Crippen MR) is 104 cm³/mol. The van der Waals surface area contributed by atoms with E-state index < -0.39 is 5.56 Å². The Morgan fingerprint density at radius 1 is 1.18 bits per heavy atom. The minimum atomic E-state index is -0.471. The number of ether oxygens (including phenoxy) is 1. The second-order valence-electron chi connectivity index (χ2n) is 6.60. The lowest BCUT2D eigenvalue weighted by Crippen LogP contribution is -2.56. The highest BCUT2D eigenvalue weighted by Crippen LogP contribution is 2.23. The first-order valence-electron chi connectivity index (χ1n) is 9.20. The number of likely N-dealkylation sites (tertiary alicyclic amines) is 1. The zero-order valence-corrected chi connectivity index (χ0v) is 15.5. The van der Waals surface area contributed by atoms with Crippen molar-refractivity contribution in [2.75, 3.05) is 13.1 Å². The Labute approximate surface area is 162 Å². The van der Waals surface area contributed by atoms with Crippen molar-refractivity contribution in [3.63, 3.8) is 0 Å². The van der Waals surface area contributed by atoms with E-state index in [9.17, 15) is 9.59 Å². The lowest BCUT2D eigenvalue weighted by molar-refractivity contribution is 0.0173. The number of carbonyl (C=O) groups is 1. The number of hydrogen-bond acceptors (Lipinski definition) is 5. The van der Waals surface area contributed by atoms with Gasteiger partial charge in [0.2, 0.25) is 0 Å². The third-order valence-corrected chi connectivity index (χ3v) is 4.72. The number of pyridine rings is 1. The number of H-pyrrole nitrogens is 1. The van der Waals surface area contributed by atoms with Crippen LogP contribution in [0.2, 0.25) is 0 Å². The van der Waals surface area contributed by atoms with E-state index in [4.69, 9.17) is 4.74 Å². The Kier molecular flexibility index (Phi) is 4.89. The maximum Gasteiger partial charge on any atom is 0.264 e. The molecule has 0 bridgehead atoms. The maximum absolute atomic E-state index is 12.6. The predicted octanol–water partition coefficient (Wildman–Crippen LogP) is 2.30. The third kappa shape index (κ3) is 3.51. The van der Waals surface area contributed by atoms with E-state index in [2.05, 4.69) is 21.9 Å². The molecule has 0 radical (unpaired) electrons. The van der Waals surface area contributed by atoms with Crippen molar-refractivity contribution in [1.82, 2.24) is 19.9 Å². The van der Waals surface area contributed by atoms with Gasteiger partial charge in [0.15, 0.2) is 5.82 Å². The molecule has 1 amide bonds. The Morgan fingerprint density at radius 2 is 1.96 bits per heavy atom. The Balaban J connectivity index is 1.42. The zero-order valence-electron chi connectivity index (χ0n) is 15.5. The maximum atomic E-state index is 12.6. The zero-order chi connectivity index (χ0) is 19.5. The number of nitrogens with one attached hydrogen (secondary N) is 1. The summed E-state index contributed by atoms with van der Waals surface area (Å²) < 4.78 is 5.99. The molecule has 3 heterocycles. The van der Waals surface area contributed by atoms with Crippen LogP contribution < -0.4 is 10.3 Å². The summed E-state index contributed by atoms with van der Waals surface area (Å²) in [5, 5.41) is 0. The van der Waals surface area contributed by atoms with E-state index in [0.29, 0.717) is 24.6 Å². The summed E-state index contributed by atoms with van der Waals surface area (Å²) >= 11 is 0. The van der Waals surface area contributed by atoms with Crippen LogP contribution in [0.4, 0.5) is 0 Å². The fourth-order valence-corrected chi connectivity index (χ4v) is 3.12. The number of amides is 1. The molecule has 142 valence electrons. The monoisotopic (exact) mass is 376 g/mol. The molecular weight excluding hydrogens is 356 g/mol. The number of aromatic nitrogens is 3. The number of aryl methyl sites for hydroxylation is 1. The van der Waals surface area contributed by atoms with Gasteiger partial charge in [-0.25, -0.2) is 4.98 Å². The second kappa shape index (κ2) is 7.64. The van der Waals surface area contributed by atoms with E-state index >= 15 is 0 Å². The van der Waals surface area contributed by atoms with E-state index in [1.54, 1.807) is 29.3 Å². The van der Waals surface area contributed by atoms with E-state index in [1.807, 2.05) is 24.3 Å². The molecule has 28 heavy (non-hydrogen) atoms. The van der Waals surface area contributed by atoms with Gasteiger partial charge < -0.3 is 14.6 Å². The van der Waals surface area contributed by atoms with Crippen LogP contribution in [-0.2, 0) is 6.42 Å². The van der Waals surface area contributed by atoms with Crippen molar-refractivity contribution in [2.24, 2.45) is 0 Å². The number of nitrogens with zero attached hydrogens (tertiary/aromatic N) is 3. The van der Waals surface area contributed by atoms with Gasteiger partial charge in [0.1, 0.15) is 23.1 Å². The van der Waals surface area contributed by atoms with Crippen LogP contribution in [0.25, 0.3) is 11.5 Å². The van der Waals surface area contributed by atoms with Gasteiger partial charge in [0.25, 0.3) is 11.5 Å². The molecule has 0 atom stereocenters.